The number of anilines is 2. The number of halogens is 9. The number of alkyl halides is 6. The Morgan fingerprint density at radius 3 is 1.41 bits per heavy atom. The number of hydrogen-bond acceptors (Lipinski definition) is 15. The lowest BCUT2D eigenvalue weighted by Crippen LogP contribution is -2.46. The fourth-order valence-corrected chi connectivity index (χ4v) is 8.33. The van der Waals surface area contributed by atoms with E-state index in [0.717, 1.165) is 34.1 Å². The third-order valence-corrected chi connectivity index (χ3v) is 13.4. The molecule has 0 radical (unpaired) electrons. The molecule has 0 atom stereocenters. The third kappa shape index (κ3) is 13.1. The number of benzene rings is 2. The number of carboxylic acid groups (broad SMARTS) is 1. The molecule has 0 unspecified atom stereocenters. The summed E-state index contributed by atoms with van der Waals surface area (Å²) in [6, 6.07) is 13.8. The van der Waals surface area contributed by atoms with Gasteiger partial charge in [-0.1, -0.05) is 45.5 Å². The van der Waals surface area contributed by atoms with Gasteiger partial charge in [-0.15, -0.1) is 12.4 Å². The van der Waals surface area contributed by atoms with E-state index < -0.39 is 55.2 Å². The van der Waals surface area contributed by atoms with E-state index in [-0.39, 0.29) is 77.5 Å². The molecule has 31 heteroatoms. The average molecular weight is 1100 g/mol. The lowest BCUT2D eigenvalue weighted by atomic mass is 10.0. The van der Waals surface area contributed by atoms with Crippen LogP contribution in [-0.2, 0) is 45.9 Å². The van der Waals surface area contributed by atoms with Gasteiger partial charge in [0.1, 0.15) is 18.4 Å². The number of aromatic carboxylic acids is 1. The highest BCUT2D eigenvalue weighted by Gasteiger charge is 2.51. The molecular weight excluding hydrogens is 1050 g/mol. The number of nitrogens with zero attached hydrogens (tertiary/aromatic N) is 12. The topological polar surface area (TPSA) is 247 Å². The van der Waals surface area contributed by atoms with E-state index in [0.29, 0.717) is 66.9 Å². The first-order chi connectivity index (χ1) is 33.4. The number of aryl methyl sites for hydroxylation is 3. The number of hydrogen-bond donors (Lipinski definition) is 2. The van der Waals surface area contributed by atoms with Crippen LogP contribution in [0.3, 0.4) is 0 Å². The molecule has 2 aromatic carbocycles. The summed E-state index contributed by atoms with van der Waals surface area (Å²) in [4.78, 5) is 39.8. The first kappa shape index (κ1) is 58.5. The van der Waals surface area contributed by atoms with E-state index >= 15 is 0 Å². The summed E-state index contributed by atoms with van der Waals surface area (Å²) in [5.74, 6) is -2.07. The lowest BCUT2D eigenvalue weighted by Gasteiger charge is -2.29. The number of ketones is 1. The van der Waals surface area contributed by atoms with Gasteiger partial charge in [0.05, 0.1) is 73.7 Å². The Morgan fingerprint density at radius 2 is 1.05 bits per heavy atom. The summed E-state index contributed by atoms with van der Waals surface area (Å²) >= 11 is 0. The zero-order valence-corrected chi connectivity index (χ0v) is 40.0. The van der Waals surface area contributed by atoms with Crippen molar-refractivity contribution in [3.8, 4) is 0 Å². The molecule has 0 amide bonds. The highest BCUT2D eigenvalue weighted by molar-refractivity contribution is 7.90. The molecule has 2 aliphatic heterocycles. The van der Waals surface area contributed by atoms with Crippen molar-refractivity contribution in [2.75, 3.05) is 36.2 Å². The van der Waals surface area contributed by atoms with Gasteiger partial charge in [0.2, 0.25) is 11.6 Å². The number of carbonyl (C=O) groups is 2. The average Bonchev–Trinajstić information content (AvgIpc) is 3.91. The molecule has 8 rings (SSSR count). The van der Waals surface area contributed by atoms with Crippen LogP contribution < -0.4 is 15.8 Å². The number of carbonyl (C=O) groups excluding carboxylic acids is 1. The summed E-state index contributed by atoms with van der Waals surface area (Å²) in [6.07, 6.45) is 7.08. The number of carboxylic acids is 1. The van der Waals surface area contributed by atoms with E-state index in [1.54, 1.807) is 55.5 Å². The minimum Gasteiger partial charge on any atom is -0.477 e. The maximum Gasteiger partial charge on any atom is 0.516 e. The Morgan fingerprint density at radius 1 is 0.658 bits per heavy atom. The molecule has 0 spiro atoms. The van der Waals surface area contributed by atoms with Gasteiger partial charge in [0.25, 0.3) is 0 Å². The molecular formula is C42H46ClF8N13O7S2. The summed E-state index contributed by atoms with van der Waals surface area (Å²) in [5.41, 5.74) is -1.13. The van der Waals surface area contributed by atoms with Crippen molar-refractivity contribution < 1.29 is 66.7 Å². The number of sulfonamides is 2. The first-order valence-corrected chi connectivity index (χ1v) is 23.8. The van der Waals surface area contributed by atoms with Crippen LogP contribution in [0.5, 0.6) is 0 Å². The van der Waals surface area contributed by atoms with Gasteiger partial charge in [0, 0.05) is 13.0 Å². The molecule has 4 aromatic heterocycles. The van der Waals surface area contributed by atoms with Gasteiger partial charge in [-0.25, -0.2) is 42.1 Å². The molecule has 0 aliphatic carbocycles. The predicted molar refractivity (Wildman–Crippen MR) is 254 cm³/mol. The highest BCUT2D eigenvalue weighted by Crippen LogP contribution is 2.29. The smallest absolute Gasteiger partial charge is 0.477 e. The Hall–Kier alpha value is -7.05. The maximum atomic E-state index is 13.6. The van der Waals surface area contributed by atoms with Crippen LogP contribution >= 0.6 is 12.4 Å². The van der Waals surface area contributed by atoms with Crippen LogP contribution in [0.25, 0.3) is 11.6 Å². The second-order valence-electron chi connectivity index (χ2n) is 15.0. The minimum absolute atomic E-state index is 0. The number of Topliss-reactive ketones (excluding diaryl/α,β-unsaturated/α-hetero) is 1. The number of fused-ring (bicyclic) bond motifs is 2. The molecule has 73 heavy (non-hydrogen) atoms. The summed E-state index contributed by atoms with van der Waals surface area (Å²) < 4.78 is 150. The highest BCUT2D eigenvalue weighted by atomic mass is 35.5. The van der Waals surface area contributed by atoms with E-state index in [1.165, 1.54) is 20.6 Å². The van der Waals surface area contributed by atoms with E-state index in [9.17, 15) is 61.5 Å². The van der Waals surface area contributed by atoms with Crippen LogP contribution in [0.15, 0.2) is 83.5 Å². The third-order valence-electron chi connectivity index (χ3n) is 10.4. The van der Waals surface area contributed by atoms with Crippen molar-refractivity contribution in [3.63, 3.8) is 0 Å². The SMILES string of the molecule is C.CCc1nc2ncc(F)cn2c1C(=O)CCc1ccc(N2CCN(S(=O)(=O)C(F)(F)F)C=N2)cc1.CCc1nc2ncc(F)cn2c1C(=O)O.Cl.NCc1ccc(N2CCN(S(=O)(=O)C(F)(F)F)C=N2)cc1. The molecule has 3 N–H and O–H groups in total. The van der Waals surface area contributed by atoms with Gasteiger partial charge in [0.15, 0.2) is 23.1 Å². The molecule has 20 nitrogen and oxygen atoms in total. The molecule has 6 aromatic rings. The molecule has 2 aliphatic rings. The standard InChI is InChI=1S/C21H20F4N6O3S.C11H13F3N4O2S.C9H8FN3O2.CH4.ClH/c1-2-17-19(30-12-15(22)11-26-20(30)28-17)18(32)8-5-14-3-6-16(7-4-14)31-10-9-29(13-27-31)35(33,34)21(23,24)25;12-11(13,14)21(19,20)17-5-6-18(16-8-17)10-3-1-9(7-15)2-4-10;1-2-6-7(8(14)15)13-4-5(10)3-11-9(13)12-6;;/h3-4,6-7,11-13H,2,5,8-10H2,1H3;1-4,8H,5-7,15H2;3-4H,2H2,1H3,(H,14,15);1H4;1H. The fraction of sp³-hybridized carbons (Fsp3) is 0.333. The normalized spacial score (nSPS) is 14.0. The molecule has 0 saturated heterocycles. The van der Waals surface area contributed by atoms with Gasteiger partial charge in [-0.05, 0) is 54.7 Å². The van der Waals surface area contributed by atoms with Crippen LogP contribution in [0.1, 0.15) is 71.2 Å². The predicted octanol–water partition coefficient (Wildman–Crippen LogP) is 6.41. The second kappa shape index (κ2) is 23.7. The molecule has 396 valence electrons. The Labute approximate surface area is 418 Å². The fourth-order valence-electron chi connectivity index (χ4n) is 6.82. The molecule has 0 saturated carbocycles. The Balaban J connectivity index is 0.000000258. The van der Waals surface area contributed by atoms with Gasteiger partial charge >= 0.3 is 37.0 Å². The number of rotatable bonds is 12. The minimum atomic E-state index is -5.47. The van der Waals surface area contributed by atoms with Crippen LogP contribution in [-0.4, -0.2) is 121 Å². The van der Waals surface area contributed by atoms with Gasteiger partial charge in [-0.3, -0.25) is 23.6 Å². The quantitative estimate of drug-likeness (QED) is 0.0994. The van der Waals surface area contributed by atoms with Crippen LogP contribution in [0, 0.1) is 11.6 Å². The summed E-state index contributed by atoms with van der Waals surface area (Å²) in [6.45, 7) is 3.22. The molecule has 0 bridgehead atoms. The zero-order chi connectivity index (χ0) is 52.1. The Kier molecular flexibility index (Phi) is 19.0. The molecule has 6 heterocycles. The van der Waals surface area contributed by atoms with Crippen molar-refractivity contribution in [1.29, 1.82) is 0 Å². The van der Waals surface area contributed by atoms with Crippen molar-refractivity contribution in [1.82, 2.24) is 37.3 Å². The van der Waals surface area contributed by atoms with E-state index in [1.807, 2.05) is 6.92 Å². The van der Waals surface area contributed by atoms with Crippen molar-refractivity contribution in [2.24, 2.45) is 15.9 Å². The molecule has 0 fully saturated rings. The van der Waals surface area contributed by atoms with Crippen molar-refractivity contribution >= 4 is 79.8 Å². The number of nitrogens with two attached hydrogens (primary N) is 1. The van der Waals surface area contributed by atoms with Crippen molar-refractivity contribution in [2.45, 2.75) is 64.5 Å². The summed E-state index contributed by atoms with van der Waals surface area (Å²) in [5, 5.41) is 19.3. The first-order valence-electron chi connectivity index (χ1n) is 20.9. The van der Waals surface area contributed by atoms with E-state index in [4.69, 9.17) is 10.8 Å². The van der Waals surface area contributed by atoms with Crippen molar-refractivity contribution in [3.05, 3.63) is 119 Å². The number of aromatic nitrogens is 6. The Bertz CT molecular complexity index is 3200. The second-order valence-corrected chi connectivity index (χ2v) is 18.8. The lowest BCUT2D eigenvalue weighted by molar-refractivity contribution is -0.0477. The monoisotopic (exact) mass is 1100 g/mol. The van der Waals surface area contributed by atoms with Crippen LogP contribution in [0.4, 0.5) is 46.5 Å². The largest absolute Gasteiger partial charge is 0.516 e. The zero-order valence-electron chi connectivity index (χ0n) is 37.5. The van der Waals surface area contributed by atoms with Gasteiger partial charge in [-0.2, -0.15) is 53.4 Å². The van der Waals surface area contributed by atoms with Gasteiger partial charge < -0.3 is 10.8 Å². The van der Waals surface area contributed by atoms with Crippen LogP contribution in [0.2, 0.25) is 0 Å². The number of hydrazone groups is 2. The maximum absolute atomic E-state index is 13.6. The number of imidazole rings is 2. The summed E-state index contributed by atoms with van der Waals surface area (Å²) in [7, 11) is -10.8. The van der Waals surface area contributed by atoms with E-state index in [2.05, 4.69) is 30.1 Å².